The lowest BCUT2D eigenvalue weighted by Crippen LogP contribution is -2.39. The molecule has 3 rings (SSSR count). The third-order valence-corrected chi connectivity index (χ3v) is 5.38. The van der Waals surface area contributed by atoms with Crippen LogP contribution in [0.25, 0.3) is 0 Å². The van der Waals surface area contributed by atoms with Gasteiger partial charge in [-0.15, -0.1) is 11.3 Å². The molecule has 5 heteroatoms. The lowest BCUT2D eigenvalue weighted by molar-refractivity contribution is 0.0682. The van der Waals surface area contributed by atoms with Crippen LogP contribution in [0.3, 0.4) is 0 Å². The molecule has 1 saturated carbocycles. The average molecular weight is 293 g/mol. The fourth-order valence-electron chi connectivity index (χ4n) is 2.84. The van der Waals surface area contributed by atoms with Gasteiger partial charge in [-0.3, -0.25) is 4.79 Å². The van der Waals surface area contributed by atoms with Crippen molar-refractivity contribution >= 4 is 17.2 Å². The fraction of sp³-hybridized carbons (Fsp3) is 0.733. The normalized spacial score (nSPS) is 20.4. The number of nitrogens with one attached hydrogen (secondary N) is 1. The highest BCUT2D eigenvalue weighted by molar-refractivity contribution is 7.10. The molecule has 1 aromatic heterocycles. The van der Waals surface area contributed by atoms with E-state index in [0.717, 1.165) is 43.4 Å². The SMILES string of the molecule is CNCCC1CCN(C(=O)c2csc(C3CC3)n2)CC1. The maximum absolute atomic E-state index is 12.4. The zero-order valence-corrected chi connectivity index (χ0v) is 12.9. The van der Waals surface area contributed by atoms with Crippen LogP contribution in [0.15, 0.2) is 5.38 Å². The second-order valence-electron chi connectivity index (χ2n) is 5.97. The topological polar surface area (TPSA) is 45.2 Å². The van der Waals surface area contributed by atoms with Gasteiger partial charge in [-0.25, -0.2) is 4.98 Å². The molecular weight excluding hydrogens is 270 g/mol. The number of hydrogen-bond acceptors (Lipinski definition) is 4. The Balaban J connectivity index is 1.52. The lowest BCUT2D eigenvalue weighted by Gasteiger charge is -2.31. The second-order valence-corrected chi connectivity index (χ2v) is 6.86. The van der Waals surface area contributed by atoms with Gasteiger partial charge in [0.15, 0.2) is 0 Å². The van der Waals surface area contributed by atoms with Crippen molar-refractivity contribution in [3.8, 4) is 0 Å². The maximum atomic E-state index is 12.4. The molecule has 1 amide bonds. The first-order valence-corrected chi connectivity index (χ1v) is 8.55. The third-order valence-electron chi connectivity index (χ3n) is 4.37. The predicted molar refractivity (Wildman–Crippen MR) is 81.3 cm³/mol. The molecule has 0 spiro atoms. The maximum Gasteiger partial charge on any atom is 0.273 e. The van der Waals surface area contributed by atoms with Gasteiger partial charge in [-0.2, -0.15) is 0 Å². The van der Waals surface area contributed by atoms with E-state index in [-0.39, 0.29) is 5.91 Å². The number of hydrogen-bond donors (Lipinski definition) is 1. The summed E-state index contributed by atoms with van der Waals surface area (Å²) in [6, 6.07) is 0. The van der Waals surface area contributed by atoms with Crippen molar-refractivity contribution in [3.05, 3.63) is 16.1 Å². The minimum absolute atomic E-state index is 0.139. The summed E-state index contributed by atoms with van der Waals surface area (Å²) < 4.78 is 0. The Labute approximate surface area is 124 Å². The van der Waals surface area contributed by atoms with E-state index < -0.39 is 0 Å². The molecule has 2 fully saturated rings. The first-order chi connectivity index (χ1) is 9.78. The number of carbonyl (C=O) groups excluding carboxylic acids is 1. The monoisotopic (exact) mass is 293 g/mol. The molecule has 0 atom stereocenters. The van der Waals surface area contributed by atoms with Gasteiger partial charge in [0, 0.05) is 24.4 Å². The molecule has 110 valence electrons. The average Bonchev–Trinajstić information content (AvgIpc) is 3.22. The predicted octanol–water partition coefficient (Wildman–Crippen LogP) is 2.48. The lowest BCUT2D eigenvalue weighted by atomic mass is 9.93. The highest BCUT2D eigenvalue weighted by Crippen LogP contribution is 2.41. The summed E-state index contributed by atoms with van der Waals surface area (Å²) in [4.78, 5) is 19.0. The number of aromatic nitrogens is 1. The van der Waals surface area contributed by atoms with Crippen molar-refractivity contribution < 1.29 is 4.79 Å². The molecule has 1 aromatic rings. The summed E-state index contributed by atoms with van der Waals surface area (Å²) in [6.07, 6.45) is 5.98. The van der Waals surface area contributed by atoms with Crippen molar-refractivity contribution in [3.63, 3.8) is 0 Å². The van der Waals surface area contributed by atoms with Crippen molar-refractivity contribution in [2.45, 2.75) is 38.0 Å². The molecule has 0 bridgehead atoms. The van der Waals surface area contributed by atoms with Gasteiger partial charge >= 0.3 is 0 Å². The van der Waals surface area contributed by atoms with Crippen molar-refractivity contribution in [1.82, 2.24) is 15.2 Å². The van der Waals surface area contributed by atoms with Crippen LogP contribution in [-0.4, -0.2) is 42.5 Å². The van der Waals surface area contributed by atoms with Gasteiger partial charge < -0.3 is 10.2 Å². The number of carbonyl (C=O) groups is 1. The smallest absolute Gasteiger partial charge is 0.273 e. The van der Waals surface area contributed by atoms with Crippen LogP contribution in [0, 0.1) is 5.92 Å². The molecule has 0 aromatic carbocycles. The van der Waals surface area contributed by atoms with E-state index >= 15 is 0 Å². The van der Waals surface area contributed by atoms with Gasteiger partial charge in [0.05, 0.1) is 5.01 Å². The van der Waals surface area contributed by atoms with E-state index in [2.05, 4.69) is 10.3 Å². The van der Waals surface area contributed by atoms with Crippen LogP contribution in [0.5, 0.6) is 0 Å². The molecule has 0 unspecified atom stereocenters. The van der Waals surface area contributed by atoms with Crippen LogP contribution < -0.4 is 5.32 Å². The Morgan fingerprint density at radius 3 is 2.80 bits per heavy atom. The highest BCUT2D eigenvalue weighted by atomic mass is 32.1. The first kappa shape index (κ1) is 14.0. The van der Waals surface area contributed by atoms with E-state index in [1.165, 1.54) is 19.3 Å². The third kappa shape index (κ3) is 3.20. The van der Waals surface area contributed by atoms with Gasteiger partial charge in [0.2, 0.25) is 0 Å². The number of nitrogens with zero attached hydrogens (tertiary/aromatic N) is 2. The molecule has 20 heavy (non-hydrogen) atoms. The number of likely N-dealkylation sites (tertiary alicyclic amines) is 1. The molecule has 1 N–H and O–H groups in total. The number of rotatable bonds is 5. The summed E-state index contributed by atoms with van der Waals surface area (Å²) >= 11 is 1.66. The Hall–Kier alpha value is -0.940. The molecule has 4 nitrogen and oxygen atoms in total. The van der Waals surface area contributed by atoms with Crippen molar-refractivity contribution in [2.75, 3.05) is 26.7 Å². The van der Waals surface area contributed by atoms with Gasteiger partial charge in [0.25, 0.3) is 5.91 Å². The van der Waals surface area contributed by atoms with Crippen LogP contribution in [0.2, 0.25) is 0 Å². The second kappa shape index (κ2) is 6.22. The molecular formula is C15H23N3OS. The van der Waals surface area contributed by atoms with Crippen LogP contribution >= 0.6 is 11.3 Å². The summed E-state index contributed by atoms with van der Waals surface area (Å²) in [5, 5.41) is 6.32. The Kier molecular flexibility index (Phi) is 4.36. The zero-order valence-electron chi connectivity index (χ0n) is 12.1. The molecule has 2 heterocycles. The van der Waals surface area contributed by atoms with Crippen LogP contribution in [0.1, 0.15) is 53.5 Å². The molecule has 1 aliphatic carbocycles. The Morgan fingerprint density at radius 2 is 2.15 bits per heavy atom. The highest BCUT2D eigenvalue weighted by Gasteiger charge is 2.29. The van der Waals surface area contributed by atoms with Gasteiger partial charge in [-0.05, 0) is 51.6 Å². The summed E-state index contributed by atoms with van der Waals surface area (Å²) in [5.74, 6) is 1.55. The summed E-state index contributed by atoms with van der Waals surface area (Å²) in [6.45, 7) is 2.86. The zero-order chi connectivity index (χ0) is 13.9. The molecule has 2 aliphatic rings. The van der Waals surface area contributed by atoms with E-state index in [9.17, 15) is 4.79 Å². The van der Waals surface area contributed by atoms with E-state index in [0.29, 0.717) is 11.6 Å². The summed E-state index contributed by atoms with van der Waals surface area (Å²) in [7, 11) is 2.00. The quantitative estimate of drug-likeness (QED) is 0.907. The van der Waals surface area contributed by atoms with Crippen molar-refractivity contribution in [1.29, 1.82) is 0 Å². The van der Waals surface area contributed by atoms with Gasteiger partial charge in [0.1, 0.15) is 5.69 Å². The standard InChI is InChI=1S/C15H23N3OS/c1-16-7-4-11-5-8-18(9-6-11)15(19)13-10-20-14(17-13)12-2-3-12/h10-12,16H,2-9H2,1H3. The fourth-order valence-corrected chi connectivity index (χ4v) is 3.80. The van der Waals surface area contributed by atoms with E-state index in [1.54, 1.807) is 11.3 Å². The largest absolute Gasteiger partial charge is 0.337 e. The van der Waals surface area contributed by atoms with Crippen LogP contribution in [-0.2, 0) is 0 Å². The van der Waals surface area contributed by atoms with E-state index in [4.69, 9.17) is 0 Å². The Morgan fingerprint density at radius 1 is 1.40 bits per heavy atom. The number of thiazole rings is 1. The van der Waals surface area contributed by atoms with Crippen LogP contribution in [0.4, 0.5) is 0 Å². The minimum Gasteiger partial charge on any atom is -0.337 e. The Bertz CT molecular complexity index is 461. The number of piperidine rings is 1. The van der Waals surface area contributed by atoms with Crippen molar-refractivity contribution in [2.24, 2.45) is 5.92 Å². The molecule has 1 aliphatic heterocycles. The first-order valence-electron chi connectivity index (χ1n) is 7.67. The van der Waals surface area contributed by atoms with Gasteiger partial charge in [-0.1, -0.05) is 0 Å². The number of amides is 1. The molecule has 0 radical (unpaired) electrons. The molecule has 1 saturated heterocycles. The minimum atomic E-state index is 0.139. The summed E-state index contributed by atoms with van der Waals surface area (Å²) in [5.41, 5.74) is 0.672. The van der Waals surface area contributed by atoms with E-state index in [1.807, 2.05) is 17.3 Å².